The largest absolute Gasteiger partial charge is 0.478 e. The number of carboxylic acids is 1. The SMILES string of the molecule is CC1(c2[nH]c3cc(C4CC4)ccc3c2Cc2cccc(/C=C/C(=O)O)n2)CC1. The van der Waals surface area contributed by atoms with Crippen molar-refractivity contribution in [2.24, 2.45) is 0 Å². The molecule has 2 fully saturated rings. The number of hydrogen-bond acceptors (Lipinski definition) is 2. The van der Waals surface area contributed by atoms with E-state index in [1.165, 1.54) is 53.4 Å². The number of benzene rings is 1. The zero-order valence-corrected chi connectivity index (χ0v) is 16.0. The second kappa shape index (κ2) is 6.33. The van der Waals surface area contributed by atoms with Crippen molar-refractivity contribution in [1.82, 2.24) is 9.97 Å². The highest BCUT2D eigenvalue weighted by Crippen LogP contribution is 2.50. The average molecular weight is 372 g/mol. The predicted molar refractivity (Wildman–Crippen MR) is 111 cm³/mol. The van der Waals surface area contributed by atoms with Crippen LogP contribution in [0.3, 0.4) is 0 Å². The molecule has 28 heavy (non-hydrogen) atoms. The molecule has 5 rings (SSSR count). The number of nitrogens with one attached hydrogen (secondary N) is 1. The van der Waals surface area contributed by atoms with E-state index in [-0.39, 0.29) is 5.41 Å². The summed E-state index contributed by atoms with van der Waals surface area (Å²) in [6, 6.07) is 12.7. The topological polar surface area (TPSA) is 66.0 Å². The minimum absolute atomic E-state index is 0.245. The average Bonchev–Trinajstić information content (AvgIpc) is 3.61. The number of pyridine rings is 1. The molecular weight excluding hydrogens is 348 g/mol. The molecule has 2 aliphatic carbocycles. The van der Waals surface area contributed by atoms with E-state index in [0.29, 0.717) is 5.69 Å². The maximum absolute atomic E-state index is 10.8. The van der Waals surface area contributed by atoms with Crippen LogP contribution in [0.5, 0.6) is 0 Å². The van der Waals surface area contributed by atoms with Crippen LogP contribution >= 0.6 is 0 Å². The minimum Gasteiger partial charge on any atom is -0.478 e. The monoisotopic (exact) mass is 372 g/mol. The van der Waals surface area contributed by atoms with Crippen molar-refractivity contribution in [3.63, 3.8) is 0 Å². The van der Waals surface area contributed by atoms with E-state index in [9.17, 15) is 4.79 Å². The number of H-pyrrole nitrogens is 1. The van der Waals surface area contributed by atoms with Crippen LogP contribution in [0.15, 0.2) is 42.5 Å². The number of aliphatic carboxylic acids is 1. The summed E-state index contributed by atoms with van der Waals surface area (Å²) in [5, 5.41) is 10.1. The van der Waals surface area contributed by atoms with Crippen molar-refractivity contribution in [1.29, 1.82) is 0 Å². The Balaban J connectivity index is 1.54. The van der Waals surface area contributed by atoms with E-state index in [2.05, 4.69) is 35.1 Å². The second-order valence-electron chi connectivity index (χ2n) is 8.52. The van der Waals surface area contributed by atoms with E-state index in [1.807, 2.05) is 18.2 Å². The fourth-order valence-electron chi connectivity index (χ4n) is 4.11. The van der Waals surface area contributed by atoms with Gasteiger partial charge in [0.05, 0.1) is 5.69 Å². The number of carbonyl (C=O) groups is 1. The number of nitrogens with zero attached hydrogens (tertiary/aromatic N) is 1. The number of aromatic nitrogens is 2. The van der Waals surface area contributed by atoms with Crippen molar-refractivity contribution in [2.75, 3.05) is 0 Å². The normalized spacial score (nSPS) is 18.0. The highest BCUT2D eigenvalue weighted by atomic mass is 16.4. The van der Waals surface area contributed by atoms with Crippen LogP contribution in [0, 0.1) is 0 Å². The molecule has 0 atom stereocenters. The predicted octanol–water partition coefficient (Wildman–Crippen LogP) is 5.18. The number of carboxylic acid groups (broad SMARTS) is 1. The quantitative estimate of drug-likeness (QED) is 0.586. The molecule has 0 amide bonds. The highest BCUT2D eigenvalue weighted by molar-refractivity contribution is 5.87. The molecule has 3 aromatic rings. The maximum Gasteiger partial charge on any atom is 0.328 e. The maximum atomic E-state index is 10.8. The lowest BCUT2D eigenvalue weighted by molar-refractivity contribution is -0.131. The number of rotatable bonds is 6. The van der Waals surface area contributed by atoms with Gasteiger partial charge in [0.1, 0.15) is 0 Å². The molecule has 0 unspecified atom stereocenters. The summed E-state index contributed by atoms with van der Waals surface area (Å²) in [4.78, 5) is 19.2. The highest BCUT2D eigenvalue weighted by Gasteiger charge is 2.42. The van der Waals surface area contributed by atoms with Crippen LogP contribution in [0.25, 0.3) is 17.0 Å². The van der Waals surface area contributed by atoms with Crippen LogP contribution < -0.4 is 0 Å². The van der Waals surface area contributed by atoms with Gasteiger partial charge in [-0.15, -0.1) is 0 Å². The molecule has 1 aromatic carbocycles. The Kier molecular flexibility index (Phi) is 3.90. The van der Waals surface area contributed by atoms with Crippen LogP contribution in [-0.4, -0.2) is 21.0 Å². The lowest BCUT2D eigenvalue weighted by Crippen LogP contribution is -2.05. The Hall–Kier alpha value is -2.88. The van der Waals surface area contributed by atoms with Gasteiger partial charge in [0.25, 0.3) is 0 Å². The summed E-state index contributed by atoms with van der Waals surface area (Å²) in [6.07, 6.45) is 8.49. The molecule has 2 aromatic heterocycles. The van der Waals surface area contributed by atoms with E-state index in [0.717, 1.165) is 24.1 Å². The van der Waals surface area contributed by atoms with Gasteiger partial charge in [-0.1, -0.05) is 25.1 Å². The lowest BCUT2D eigenvalue weighted by atomic mass is 9.95. The van der Waals surface area contributed by atoms with E-state index < -0.39 is 5.97 Å². The van der Waals surface area contributed by atoms with Gasteiger partial charge >= 0.3 is 5.97 Å². The van der Waals surface area contributed by atoms with Gasteiger partial charge in [0.15, 0.2) is 0 Å². The molecule has 2 saturated carbocycles. The Morgan fingerprint density at radius 3 is 2.82 bits per heavy atom. The standard InChI is InChI=1S/C24H24N2O2/c1-24(11-12-24)23-20(14-18-4-2-3-17(25-18)8-10-22(27)28)19-9-7-16(15-5-6-15)13-21(19)26-23/h2-4,7-10,13,15,26H,5-6,11-12,14H2,1H3,(H,27,28)/b10-8+. The summed E-state index contributed by atoms with van der Waals surface area (Å²) < 4.78 is 0. The molecule has 2 N–H and O–H groups in total. The van der Waals surface area contributed by atoms with Crippen molar-refractivity contribution in [2.45, 2.75) is 50.4 Å². The first-order valence-corrected chi connectivity index (χ1v) is 10.0. The van der Waals surface area contributed by atoms with Gasteiger partial charge in [-0.05, 0) is 67.0 Å². The summed E-state index contributed by atoms with van der Waals surface area (Å²) in [5.74, 6) is -0.213. The minimum atomic E-state index is -0.959. The second-order valence-corrected chi connectivity index (χ2v) is 8.52. The molecular formula is C24H24N2O2. The van der Waals surface area contributed by atoms with Crippen molar-refractivity contribution >= 4 is 22.9 Å². The molecule has 0 spiro atoms. The Bertz CT molecular complexity index is 1100. The molecule has 0 radical (unpaired) electrons. The fourth-order valence-corrected chi connectivity index (χ4v) is 4.11. The van der Waals surface area contributed by atoms with Crippen LogP contribution in [0.4, 0.5) is 0 Å². The Morgan fingerprint density at radius 1 is 1.29 bits per heavy atom. The number of fused-ring (bicyclic) bond motifs is 1. The molecule has 4 heteroatoms. The molecule has 0 saturated heterocycles. The first-order chi connectivity index (χ1) is 13.5. The lowest BCUT2D eigenvalue weighted by Gasteiger charge is -2.11. The Morgan fingerprint density at radius 2 is 2.11 bits per heavy atom. The van der Waals surface area contributed by atoms with Crippen LogP contribution in [0.1, 0.15) is 66.7 Å². The smallest absolute Gasteiger partial charge is 0.328 e. The zero-order valence-electron chi connectivity index (χ0n) is 16.0. The first-order valence-electron chi connectivity index (χ1n) is 10.0. The molecule has 4 nitrogen and oxygen atoms in total. The molecule has 2 aliphatic rings. The summed E-state index contributed by atoms with van der Waals surface area (Å²) in [6.45, 7) is 2.34. The first kappa shape index (κ1) is 17.2. The van der Waals surface area contributed by atoms with Gasteiger partial charge in [-0.2, -0.15) is 0 Å². The fraction of sp³-hybridized carbons (Fsp3) is 0.333. The summed E-state index contributed by atoms with van der Waals surface area (Å²) >= 11 is 0. The van der Waals surface area contributed by atoms with Gasteiger partial charge in [-0.25, -0.2) is 4.79 Å². The van der Waals surface area contributed by atoms with Crippen molar-refractivity contribution in [3.8, 4) is 0 Å². The van der Waals surface area contributed by atoms with Crippen LogP contribution in [-0.2, 0) is 16.6 Å². The summed E-state index contributed by atoms with van der Waals surface area (Å²) in [5.41, 5.74) is 7.26. The molecule has 142 valence electrons. The van der Waals surface area contributed by atoms with Crippen LogP contribution in [0.2, 0.25) is 0 Å². The van der Waals surface area contributed by atoms with Gasteiger partial charge < -0.3 is 10.1 Å². The van der Waals surface area contributed by atoms with Gasteiger partial charge in [0, 0.05) is 40.2 Å². The third kappa shape index (κ3) is 3.24. The van der Waals surface area contributed by atoms with E-state index in [4.69, 9.17) is 5.11 Å². The molecule has 2 heterocycles. The summed E-state index contributed by atoms with van der Waals surface area (Å²) in [7, 11) is 0. The number of aromatic amines is 1. The van der Waals surface area contributed by atoms with Gasteiger partial charge in [0.2, 0.25) is 0 Å². The van der Waals surface area contributed by atoms with Crippen molar-refractivity contribution in [3.05, 3.63) is 70.7 Å². The molecule has 0 aliphatic heterocycles. The third-order valence-corrected chi connectivity index (χ3v) is 6.17. The number of hydrogen-bond donors (Lipinski definition) is 2. The zero-order chi connectivity index (χ0) is 19.3. The van der Waals surface area contributed by atoms with E-state index in [1.54, 1.807) is 6.08 Å². The van der Waals surface area contributed by atoms with Gasteiger partial charge in [-0.3, -0.25) is 4.98 Å². The Labute approximate surface area is 164 Å². The molecule has 0 bridgehead atoms. The third-order valence-electron chi connectivity index (χ3n) is 6.17. The van der Waals surface area contributed by atoms with E-state index >= 15 is 0 Å². The van der Waals surface area contributed by atoms with Crippen molar-refractivity contribution < 1.29 is 9.90 Å².